The van der Waals surface area contributed by atoms with Crippen molar-refractivity contribution in [2.75, 3.05) is 0 Å². The maximum atomic E-state index is 3.55. The first-order chi connectivity index (χ1) is 9.08. The molecular formula is C12H6Br4S3. The van der Waals surface area contributed by atoms with Gasteiger partial charge in [-0.15, -0.1) is 22.7 Å². The molecule has 0 unspecified atom stereocenters. The molecule has 0 amide bonds. The molecule has 3 aromatic heterocycles. The molecule has 3 aromatic rings. The molecule has 0 saturated carbocycles. The minimum absolute atomic E-state index is 1.13. The van der Waals surface area contributed by atoms with E-state index < -0.39 is 0 Å². The molecule has 0 aliphatic heterocycles. The third-order valence-electron chi connectivity index (χ3n) is 1.94. The van der Waals surface area contributed by atoms with Crippen LogP contribution in [0.5, 0.6) is 0 Å². The zero-order chi connectivity index (χ0) is 13.8. The van der Waals surface area contributed by atoms with E-state index in [-0.39, 0.29) is 0 Å². The highest BCUT2D eigenvalue weighted by Crippen LogP contribution is 2.46. The monoisotopic (exact) mass is 562 g/mol. The van der Waals surface area contributed by atoms with Gasteiger partial charge >= 0.3 is 0 Å². The summed E-state index contributed by atoms with van der Waals surface area (Å²) >= 11 is 19.2. The largest absolute Gasteiger partial charge is 0.152 e. The summed E-state index contributed by atoms with van der Waals surface area (Å²) in [7, 11) is 0. The minimum atomic E-state index is 1.13. The van der Waals surface area contributed by atoms with Gasteiger partial charge in [0.05, 0.1) is 17.3 Å². The molecule has 0 atom stereocenters. The van der Waals surface area contributed by atoms with Gasteiger partial charge in [0.1, 0.15) is 0 Å². The zero-order valence-corrected chi connectivity index (χ0v) is 18.0. The van der Waals surface area contributed by atoms with Crippen LogP contribution >= 0.6 is 97.7 Å². The van der Waals surface area contributed by atoms with Crippen molar-refractivity contribution in [1.29, 1.82) is 0 Å². The Kier molecular flexibility index (Phi) is 6.79. The Morgan fingerprint density at radius 2 is 1.11 bits per heavy atom. The predicted octanol–water partition coefficient (Wildman–Crippen LogP) is 8.27. The van der Waals surface area contributed by atoms with Crippen LogP contribution in [0.4, 0.5) is 0 Å². The SMILES string of the molecule is Brc1cc(Br)c(-c2sc(Br)cc2Br)s1.c1ccsc1. The summed E-state index contributed by atoms with van der Waals surface area (Å²) in [5, 5.41) is 4.08. The Labute approximate surface area is 157 Å². The van der Waals surface area contributed by atoms with Crippen molar-refractivity contribution < 1.29 is 0 Å². The molecule has 3 rings (SSSR count). The Hall–Kier alpha value is 1.02. The molecule has 0 N–H and O–H groups in total. The molecule has 100 valence electrons. The second-order valence-corrected chi connectivity index (χ2v) is 10.6. The summed E-state index contributed by atoms with van der Waals surface area (Å²) in [6, 6.07) is 8.18. The molecule has 0 bridgehead atoms. The van der Waals surface area contributed by atoms with Gasteiger partial charge in [0.15, 0.2) is 0 Å². The molecule has 19 heavy (non-hydrogen) atoms. The average Bonchev–Trinajstić information content (AvgIpc) is 3.03. The number of thiophene rings is 3. The van der Waals surface area contributed by atoms with Crippen LogP contribution in [-0.2, 0) is 0 Å². The first-order valence-corrected chi connectivity index (χ1v) is 10.7. The zero-order valence-electron chi connectivity index (χ0n) is 9.20. The number of hydrogen-bond acceptors (Lipinski definition) is 3. The lowest BCUT2D eigenvalue weighted by Gasteiger charge is -1.93. The van der Waals surface area contributed by atoms with E-state index in [9.17, 15) is 0 Å². The molecule has 0 nitrogen and oxygen atoms in total. The lowest BCUT2D eigenvalue weighted by Crippen LogP contribution is -1.64. The Bertz CT molecular complexity index is 579. The smallest absolute Gasteiger partial charge is 0.0717 e. The lowest BCUT2D eigenvalue weighted by atomic mass is 10.4. The van der Waals surface area contributed by atoms with Gasteiger partial charge in [-0.3, -0.25) is 0 Å². The molecule has 0 spiro atoms. The van der Waals surface area contributed by atoms with Crippen LogP contribution in [0.15, 0.2) is 51.5 Å². The summed E-state index contributed by atoms with van der Waals surface area (Å²) in [4.78, 5) is 2.50. The molecule has 0 aliphatic carbocycles. The maximum absolute atomic E-state index is 3.55. The highest BCUT2D eigenvalue weighted by atomic mass is 79.9. The van der Waals surface area contributed by atoms with Crippen LogP contribution < -0.4 is 0 Å². The van der Waals surface area contributed by atoms with Crippen LogP contribution in [0.1, 0.15) is 0 Å². The second kappa shape index (κ2) is 7.87. The van der Waals surface area contributed by atoms with Crippen molar-refractivity contribution in [2.45, 2.75) is 0 Å². The van der Waals surface area contributed by atoms with Gasteiger partial charge in [-0.05, 0) is 86.6 Å². The van der Waals surface area contributed by atoms with Gasteiger partial charge in [0.25, 0.3) is 0 Å². The molecule has 0 aliphatic rings. The fraction of sp³-hybridized carbons (Fsp3) is 0. The van der Waals surface area contributed by atoms with Crippen molar-refractivity contribution in [2.24, 2.45) is 0 Å². The minimum Gasteiger partial charge on any atom is -0.152 e. The summed E-state index contributed by atoms with van der Waals surface area (Å²) in [6.45, 7) is 0. The van der Waals surface area contributed by atoms with E-state index in [0.717, 1.165) is 16.5 Å². The summed E-state index contributed by atoms with van der Waals surface area (Å²) < 4.78 is 4.53. The fourth-order valence-electron chi connectivity index (χ4n) is 1.22. The van der Waals surface area contributed by atoms with Crippen molar-refractivity contribution >= 4 is 97.7 Å². The fourth-order valence-corrected chi connectivity index (χ4v) is 7.33. The van der Waals surface area contributed by atoms with Crippen molar-refractivity contribution in [1.82, 2.24) is 0 Å². The first kappa shape index (κ1) is 16.4. The van der Waals surface area contributed by atoms with E-state index >= 15 is 0 Å². The molecule has 3 heterocycles. The van der Waals surface area contributed by atoms with E-state index in [1.165, 1.54) is 9.75 Å². The molecule has 0 aromatic carbocycles. The van der Waals surface area contributed by atoms with Crippen LogP contribution in [0.25, 0.3) is 9.75 Å². The third kappa shape index (κ3) is 4.76. The van der Waals surface area contributed by atoms with Gasteiger partial charge < -0.3 is 0 Å². The maximum Gasteiger partial charge on any atom is 0.0717 e. The quantitative estimate of drug-likeness (QED) is 0.278. The van der Waals surface area contributed by atoms with Crippen LogP contribution in [0.2, 0.25) is 0 Å². The van der Waals surface area contributed by atoms with Crippen LogP contribution in [0, 0.1) is 0 Å². The van der Waals surface area contributed by atoms with Crippen molar-refractivity contribution in [3.8, 4) is 9.75 Å². The first-order valence-electron chi connectivity index (χ1n) is 4.95. The molecule has 0 fully saturated rings. The number of rotatable bonds is 1. The normalized spacial score (nSPS) is 10.1. The Morgan fingerprint density at radius 1 is 0.684 bits per heavy atom. The Morgan fingerprint density at radius 3 is 1.32 bits per heavy atom. The Balaban J connectivity index is 0.000000224. The lowest BCUT2D eigenvalue weighted by molar-refractivity contribution is 1.79. The number of halogens is 4. The molecule has 7 heteroatoms. The highest BCUT2D eigenvalue weighted by molar-refractivity contribution is 9.12. The highest BCUT2D eigenvalue weighted by Gasteiger charge is 2.13. The molecule has 0 radical (unpaired) electrons. The summed E-state index contributed by atoms with van der Waals surface area (Å²) in [5.41, 5.74) is 0. The van der Waals surface area contributed by atoms with Gasteiger partial charge in [-0.1, -0.05) is 12.1 Å². The number of hydrogen-bond donors (Lipinski definition) is 0. The third-order valence-corrected chi connectivity index (χ3v) is 7.79. The van der Waals surface area contributed by atoms with Crippen molar-refractivity contribution in [3.63, 3.8) is 0 Å². The van der Waals surface area contributed by atoms with Gasteiger partial charge in [0.2, 0.25) is 0 Å². The predicted molar refractivity (Wildman–Crippen MR) is 103 cm³/mol. The van der Waals surface area contributed by atoms with Crippen LogP contribution in [-0.4, -0.2) is 0 Å². The standard InChI is InChI=1S/C8H2Br4S2.C4H4S/c9-3-1-5(11)13-7(3)8-4(10)2-6(12)14-8;1-2-4-5-3-1/h1-2H;1-4H. The molecule has 0 saturated heterocycles. The molecular weight excluding hydrogens is 560 g/mol. The average molecular weight is 566 g/mol. The summed E-state index contributed by atoms with van der Waals surface area (Å²) in [5.74, 6) is 0. The van der Waals surface area contributed by atoms with Gasteiger partial charge in [-0.2, -0.15) is 11.3 Å². The van der Waals surface area contributed by atoms with Crippen molar-refractivity contribution in [3.05, 3.63) is 51.5 Å². The van der Waals surface area contributed by atoms with E-state index in [1.807, 2.05) is 22.9 Å². The van der Waals surface area contributed by atoms with Crippen LogP contribution in [0.3, 0.4) is 0 Å². The van der Waals surface area contributed by atoms with E-state index in [0.29, 0.717) is 0 Å². The van der Waals surface area contributed by atoms with Gasteiger partial charge in [0, 0.05) is 8.95 Å². The van der Waals surface area contributed by atoms with E-state index in [2.05, 4.69) is 75.9 Å². The summed E-state index contributed by atoms with van der Waals surface area (Å²) in [6.07, 6.45) is 0. The van der Waals surface area contributed by atoms with E-state index in [1.54, 1.807) is 34.0 Å². The van der Waals surface area contributed by atoms with Gasteiger partial charge in [-0.25, -0.2) is 0 Å². The second-order valence-electron chi connectivity index (χ2n) is 3.25. The van der Waals surface area contributed by atoms with E-state index in [4.69, 9.17) is 0 Å². The topological polar surface area (TPSA) is 0 Å².